The summed E-state index contributed by atoms with van der Waals surface area (Å²) in [6.07, 6.45) is 3.73. The molecule has 78 valence electrons. The van der Waals surface area contributed by atoms with Gasteiger partial charge in [0.15, 0.2) is 5.03 Å². The van der Waals surface area contributed by atoms with Gasteiger partial charge in [-0.05, 0) is 25.7 Å². The van der Waals surface area contributed by atoms with E-state index in [4.69, 9.17) is 5.14 Å². The fourth-order valence-corrected chi connectivity index (χ4v) is 2.98. The number of nitrogens with zero attached hydrogens (tertiary/aromatic N) is 2. The van der Waals surface area contributed by atoms with Crippen molar-refractivity contribution in [2.45, 2.75) is 30.7 Å². The van der Waals surface area contributed by atoms with Gasteiger partial charge in [-0.15, -0.1) is 0 Å². The summed E-state index contributed by atoms with van der Waals surface area (Å²) in [5, 5.41) is 9.50. The zero-order chi connectivity index (χ0) is 10.3. The molecular weight excluding hydrogens is 202 g/mol. The number of hydrogen-bond donors (Lipinski definition) is 1. The maximum atomic E-state index is 11.3. The molecule has 0 saturated heterocycles. The second-order valence-electron chi connectivity index (χ2n) is 3.61. The monoisotopic (exact) mass is 215 g/mol. The van der Waals surface area contributed by atoms with E-state index in [-0.39, 0.29) is 5.03 Å². The van der Waals surface area contributed by atoms with E-state index < -0.39 is 10.0 Å². The number of rotatable bonds is 1. The quantitative estimate of drug-likeness (QED) is 0.713. The van der Waals surface area contributed by atoms with Crippen molar-refractivity contribution in [1.29, 1.82) is 0 Å². The normalized spacial score (nSPS) is 16.7. The van der Waals surface area contributed by atoms with Gasteiger partial charge in [-0.2, -0.15) is 5.10 Å². The van der Waals surface area contributed by atoms with Gasteiger partial charge in [0.25, 0.3) is 10.0 Å². The molecule has 2 rings (SSSR count). The third-order valence-corrected chi connectivity index (χ3v) is 3.58. The number of primary sulfonamides is 1. The van der Waals surface area contributed by atoms with Crippen LogP contribution in [0.4, 0.5) is 0 Å². The Hall–Kier alpha value is -0.880. The van der Waals surface area contributed by atoms with Crippen LogP contribution in [-0.4, -0.2) is 18.2 Å². The van der Waals surface area contributed by atoms with Gasteiger partial charge < -0.3 is 0 Å². The molecule has 1 aliphatic carbocycles. The van der Waals surface area contributed by atoms with Gasteiger partial charge >= 0.3 is 0 Å². The molecule has 1 heterocycles. The Morgan fingerprint density at radius 2 is 2.00 bits per heavy atom. The summed E-state index contributed by atoms with van der Waals surface area (Å²) < 4.78 is 24.0. The maximum Gasteiger partial charge on any atom is 0.255 e. The Bertz CT molecular complexity index is 461. The lowest BCUT2D eigenvalue weighted by molar-refractivity contribution is 0.576. The predicted octanol–water partition coefficient (Wildman–Crippen LogP) is -0.0537. The zero-order valence-electron chi connectivity index (χ0n) is 8.02. The fraction of sp³-hybridized carbons (Fsp3) is 0.625. The highest BCUT2D eigenvalue weighted by molar-refractivity contribution is 7.89. The second-order valence-corrected chi connectivity index (χ2v) is 5.08. The Labute approximate surface area is 83.0 Å². The van der Waals surface area contributed by atoms with E-state index in [1.165, 1.54) is 4.68 Å². The van der Waals surface area contributed by atoms with Gasteiger partial charge in [0.1, 0.15) is 0 Å². The lowest BCUT2D eigenvalue weighted by Gasteiger charge is -2.09. The molecule has 5 nitrogen and oxygen atoms in total. The number of aryl methyl sites for hydroxylation is 2. The Morgan fingerprint density at radius 1 is 1.36 bits per heavy atom. The summed E-state index contributed by atoms with van der Waals surface area (Å²) in [7, 11) is -2.01. The van der Waals surface area contributed by atoms with Crippen molar-refractivity contribution >= 4 is 10.0 Å². The van der Waals surface area contributed by atoms with E-state index in [0.29, 0.717) is 0 Å². The van der Waals surface area contributed by atoms with Gasteiger partial charge in [-0.1, -0.05) is 0 Å². The van der Waals surface area contributed by atoms with Crippen LogP contribution in [0.5, 0.6) is 0 Å². The van der Waals surface area contributed by atoms with Crippen LogP contribution in [0.1, 0.15) is 24.1 Å². The van der Waals surface area contributed by atoms with Crippen LogP contribution in [0.2, 0.25) is 0 Å². The summed E-state index contributed by atoms with van der Waals surface area (Å²) in [5.74, 6) is 0. The highest BCUT2D eigenvalue weighted by Gasteiger charge is 2.25. The fourth-order valence-electron chi connectivity index (χ4n) is 2.01. The molecule has 14 heavy (non-hydrogen) atoms. The van der Waals surface area contributed by atoms with Crippen LogP contribution in [-0.2, 0) is 29.9 Å². The molecule has 0 spiro atoms. The minimum Gasteiger partial charge on any atom is -0.256 e. The number of sulfonamides is 1. The van der Waals surface area contributed by atoms with Crippen molar-refractivity contribution in [2.24, 2.45) is 12.2 Å². The Morgan fingerprint density at radius 3 is 2.64 bits per heavy atom. The van der Waals surface area contributed by atoms with Crippen molar-refractivity contribution in [1.82, 2.24) is 9.78 Å². The van der Waals surface area contributed by atoms with Gasteiger partial charge in [0, 0.05) is 12.6 Å². The van der Waals surface area contributed by atoms with Gasteiger partial charge in [0.2, 0.25) is 0 Å². The number of nitrogens with two attached hydrogens (primary N) is 1. The largest absolute Gasteiger partial charge is 0.256 e. The molecule has 6 heteroatoms. The van der Waals surface area contributed by atoms with E-state index in [0.717, 1.165) is 36.9 Å². The number of hydrogen-bond acceptors (Lipinski definition) is 3. The van der Waals surface area contributed by atoms with E-state index in [1.807, 2.05) is 0 Å². The summed E-state index contributed by atoms with van der Waals surface area (Å²) in [5.41, 5.74) is 1.71. The Balaban J connectivity index is 2.65. The summed E-state index contributed by atoms with van der Waals surface area (Å²) >= 11 is 0. The molecule has 0 amide bonds. The van der Waals surface area contributed by atoms with Crippen LogP contribution in [0.25, 0.3) is 0 Å². The first kappa shape index (κ1) is 9.67. The van der Waals surface area contributed by atoms with Crippen LogP contribution >= 0.6 is 0 Å². The summed E-state index contributed by atoms with van der Waals surface area (Å²) in [6.45, 7) is 0. The summed E-state index contributed by atoms with van der Waals surface area (Å²) in [6, 6.07) is 0. The van der Waals surface area contributed by atoms with E-state index >= 15 is 0 Å². The Kier molecular flexibility index (Phi) is 2.11. The minimum atomic E-state index is -3.63. The summed E-state index contributed by atoms with van der Waals surface area (Å²) in [4.78, 5) is 0. The molecule has 1 aromatic heterocycles. The van der Waals surface area contributed by atoms with Crippen LogP contribution in [0.15, 0.2) is 5.03 Å². The second kappa shape index (κ2) is 3.06. The molecule has 0 saturated carbocycles. The molecule has 1 aliphatic rings. The first-order valence-electron chi connectivity index (χ1n) is 4.57. The van der Waals surface area contributed by atoms with Crippen molar-refractivity contribution in [3.05, 3.63) is 11.3 Å². The average Bonchev–Trinajstić information content (AvgIpc) is 2.38. The molecule has 0 unspecified atom stereocenters. The predicted molar refractivity (Wildman–Crippen MR) is 51.2 cm³/mol. The van der Waals surface area contributed by atoms with Gasteiger partial charge in [0.05, 0.1) is 5.69 Å². The molecule has 0 radical (unpaired) electrons. The lowest BCUT2D eigenvalue weighted by Crippen LogP contribution is -2.18. The van der Waals surface area contributed by atoms with E-state index in [1.54, 1.807) is 7.05 Å². The molecule has 0 fully saturated rings. The van der Waals surface area contributed by atoms with Crippen molar-refractivity contribution < 1.29 is 8.42 Å². The maximum absolute atomic E-state index is 11.3. The van der Waals surface area contributed by atoms with Crippen molar-refractivity contribution in [3.63, 3.8) is 0 Å². The minimum absolute atomic E-state index is 0.187. The number of fused-ring (bicyclic) bond motifs is 1. The third kappa shape index (κ3) is 1.44. The highest BCUT2D eigenvalue weighted by atomic mass is 32.2. The van der Waals surface area contributed by atoms with Crippen molar-refractivity contribution in [2.75, 3.05) is 0 Å². The highest BCUT2D eigenvalue weighted by Crippen LogP contribution is 2.25. The molecule has 0 bridgehead atoms. The SMILES string of the molecule is Cn1nc2c(c1S(N)(=O)=O)CCCC2. The zero-order valence-corrected chi connectivity index (χ0v) is 8.84. The third-order valence-electron chi connectivity index (χ3n) is 2.53. The lowest BCUT2D eigenvalue weighted by atomic mass is 9.99. The van der Waals surface area contributed by atoms with E-state index in [2.05, 4.69) is 5.10 Å². The molecule has 0 aliphatic heterocycles. The van der Waals surface area contributed by atoms with Crippen molar-refractivity contribution in [3.8, 4) is 0 Å². The first-order valence-corrected chi connectivity index (χ1v) is 6.12. The first-order chi connectivity index (χ1) is 6.50. The molecule has 0 aromatic carbocycles. The molecule has 2 N–H and O–H groups in total. The molecule has 1 aromatic rings. The average molecular weight is 215 g/mol. The smallest absolute Gasteiger partial charge is 0.255 e. The number of aromatic nitrogens is 2. The molecule has 0 atom stereocenters. The van der Waals surface area contributed by atoms with Crippen LogP contribution < -0.4 is 5.14 Å². The molecular formula is C8H13N3O2S. The topological polar surface area (TPSA) is 78.0 Å². The van der Waals surface area contributed by atoms with E-state index in [9.17, 15) is 8.42 Å². The van der Waals surface area contributed by atoms with Gasteiger partial charge in [-0.3, -0.25) is 4.68 Å². The standard InChI is InChI=1S/C8H13N3O2S/c1-11-8(14(9,12)13)6-4-2-3-5-7(6)10-11/h2-5H2,1H3,(H2,9,12,13). The van der Waals surface area contributed by atoms with Crippen LogP contribution in [0, 0.1) is 0 Å². The van der Waals surface area contributed by atoms with Gasteiger partial charge in [-0.25, -0.2) is 13.6 Å². The van der Waals surface area contributed by atoms with Crippen LogP contribution in [0.3, 0.4) is 0 Å².